The third-order valence-electron chi connectivity index (χ3n) is 5.64. The number of hydrogen-bond acceptors (Lipinski definition) is 4. The molecule has 4 rings (SSSR count). The number of para-hydroxylation sites is 1. The third-order valence-corrected chi connectivity index (χ3v) is 6.59. The summed E-state index contributed by atoms with van der Waals surface area (Å²) in [4.78, 5) is 15.3. The van der Waals surface area contributed by atoms with E-state index in [-0.39, 0.29) is 5.91 Å². The molecule has 1 saturated carbocycles. The van der Waals surface area contributed by atoms with E-state index < -0.39 is 0 Å². The molecule has 0 radical (unpaired) electrons. The fourth-order valence-corrected chi connectivity index (χ4v) is 5.09. The van der Waals surface area contributed by atoms with E-state index >= 15 is 0 Å². The average Bonchev–Trinajstić information content (AvgIpc) is 2.94. The molecule has 0 spiro atoms. The number of carbonyl (C=O) groups excluding carboxylic acids is 1. The third kappa shape index (κ3) is 4.37. The zero-order valence-electron chi connectivity index (χ0n) is 15.8. The van der Waals surface area contributed by atoms with Crippen molar-refractivity contribution in [2.24, 2.45) is 0 Å². The SMILES string of the molecule is O=C(CSc1nnc2n1CCCCC2)N(c1ccccc1)C1CCCCC1. The Morgan fingerprint density at radius 2 is 1.81 bits per heavy atom. The lowest BCUT2D eigenvalue weighted by atomic mass is 9.93. The van der Waals surface area contributed by atoms with Gasteiger partial charge in [0.25, 0.3) is 0 Å². The van der Waals surface area contributed by atoms with Gasteiger partial charge >= 0.3 is 0 Å². The normalized spacial score (nSPS) is 17.9. The number of aryl methyl sites for hydroxylation is 1. The maximum atomic E-state index is 13.2. The molecule has 6 heteroatoms. The first-order chi connectivity index (χ1) is 13.3. The van der Waals surface area contributed by atoms with Crippen molar-refractivity contribution in [3.05, 3.63) is 36.2 Å². The zero-order chi connectivity index (χ0) is 18.5. The van der Waals surface area contributed by atoms with Gasteiger partial charge in [0.2, 0.25) is 5.91 Å². The zero-order valence-corrected chi connectivity index (χ0v) is 16.7. The highest BCUT2D eigenvalue weighted by molar-refractivity contribution is 7.99. The summed E-state index contributed by atoms with van der Waals surface area (Å²) in [5.41, 5.74) is 1.02. The van der Waals surface area contributed by atoms with E-state index in [0.717, 1.165) is 42.5 Å². The van der Waals surface area contributed by atoms with Crippen molar-refractivity contribution >= 4 is 23.4 Å². The summed E-state index contributed by atoms with van der Waals surface area (Å²) in [6.07, 6.45) is 10.5. The van der Waals surface area contributed by atoms with E-state index in [1.54, 1.807) is 11.8 Å². The molecule has 1 aliphatic carbocycles. The number of amides is 1. The highest BCUT2D eigenvalue weighted by Crippen LogP contribution is 2.29. The van der Waals surface area contributed by atoms with Crippen LogP contribution in [-0.4, -0.2) is 32.5 Å². The number of aromatic nitrogens is 3. The Labute approximate surface area is 165 Å². The number of carbonyl (C=O) groups is 1. The molecular formula is C21H28N4OS. The Kier molecular flexibility index (Phi) is 6.12. The van der Waals surface area contributed by atoms with Gasteiger partial charge in [0.15, 0.2) is 5.16 Å². The van der Waals surface area contributed by atoms with Crippen LogP contribution in [0.15, 0.2) is 35.5 Å². The summed E-state index contributed by atoms with van der Waals surface area (Å²) in [6.45, 7) is 0.976. The summed E-state index contributed by atoms with van der Waals surface area (Å²) >= 11 is 1.54. The van der Waals surface area contributed by atoms with Gasteiger partial charge in [0.05, 0.1) is 5.75 Å². The van der Waals surface area contributed by atoms with Crippen LogP contribution in [0.2, 0.25) is 0 Å². The predicted octanol–water partition coefficient (Wildman–Crippen LogP) is 4.46. The average molecular weight is 385 g/mol. The van der Waals surface area contributed by atoms with Gasteiger partial charge in [0.1, 0.15) is 5.82 Å². The van der Waals surface area contributed by atoms with Crippen LogP contribution in [0.3, 0.4) is 0 Å². The fourth-order valence-electron chi connectivity index (χ4n) is 4.25. The second-order valence-electron chi connectivity index (χ2n) is 7.54. The number of benzene rings is 1. The van der Waals surface area contributed by atoms with Gasteiger partial charge < -0.3 is 9.47 Å². The molecule has 2 aliphatic rings. The molecule has 144 valence electrons. The van der Waals surface area contributed by atoms with Crippen molar-refractivity contribution in [2.45, 2.75) is 75.5 Å². The van der Waals surface area contributed by atoms with Crippen LogP contribution in [0.5, 0.6) is 0 Å². The Morgan fingerprint density at radius 3 is 2.63 bits per heavy atom. The monoisotopic (exact) mass is 384 g/mol. The van der Waals surface area contributed by atoms with E-state index in [2.05, 4.69) is 26.9 Å². The molecule has 5 nitrogen and oxygen atoms in total. The molecule has 0 unspecified atom stereocenters. The topological polar surface area (TPSA) is 51.0 Å². The molecule has 2 aromatic rings. The molecule has 0 atom stereocenters. The maximum Gasteiger partial charge on any atom is 0.237 e. The quantitative estimate of drug-likeness (QED) is 0.714. The van der Waals surface area contributed by atoms with E-state index in [1.165, 1.54) is 38.5 Å². The highest BCUT2D eigenvalue weighted by Gasteiger charge is 2.27. The summed E-state index contributed by atoms with van der Waals surface area (Å²) in [6, 6.07) is 10.5. The molecule has 2 heterocycles. The van der Waals surface area contributed by atoms with E-state index in [4.69, 9.17) is 0 Å². The molecule has 27 heavy (non-hydrogen) atoms. The van der Waals surface area contributed by atoms with Crippen molar-refractivity contribution in [1.82, 2.24) is 14.8 Å². The van der Waals surface area contributed by atoms with Crippen LogP contribution in [-0.2, 0) is 17.8 Å². The number of rotatable bonds is 5. The van der Waals surface area contributed by atoms with Crippen LogP contribution < -0.4 is 4.90 Å². The number of hydrogen-bond donors (Lipinski definition) is 0. The molecule has 1 amide bonds. The molecule has 0 saturated heterocycles. The van der Waals surface area contributed by atoms with Crippen molar-refractivity contribution in [3.63, 3.8) is 0 Å². The lowest BCUT2D eigenvalue weighted by Crippen LogP contribution is -2.42. The molecule has 1 fully saturated rings. The lowest BCUT2D eigenvalue weighted by molar-refractivity contribution is -0.116. The van der Waals surface area contributed by atoms with Crippen molar-refractivity contribution in [1.29, 1.82) is 0 Å². The van der Waals surface area contributed by atoms with E-state index in [0.29, 0.717) is 11.8 Å². The highest BCUT2D eigenvalue weighted by atomic mass is 32.2. The summed E-state index contributed by atoms with van der Waals surface area (Å²) in [7, 11) is 0. The molecule has 0 bridgehead atoms. The summed E-state index contributed by atoms with van der Waals surface area (Å²) in [5.74, 6) is 1.68. The maximum absolute atomic E-state index is 13.2. The first-order valence-electron chi connectivity index (χ1n) is 10.2. The van der Waals surface area contributed by atoms with Crippen LogP contribution in [0, 0.1) is 0 Å². The van der Waals surface area contributed by atoms with Gasteiger partial charge in [-0.25, -0.2) is 0 Å². The summed E-state index contributed by atoms with van der Waals surface area (Å²) < 4.78 is 2.22. The molecule has 1 aromatic heterocycles. The summed E-state index contributed by atoms with van der Waals surface area (Å²) in [5, 5.41) is 9.62. The predicted molar refractivity (Wildman–Crippen MR) is 109 cm³/mol. The standard InChI is InChI=1S/C21H28N4OS/c26-20(16-27-21-23-22-19-14-8-3-9-15-24(19)21)25(17-10-4-1-5-11-17)18-12-6-2-7-13-18/h1,4-5,10-11,18H,2-3,6-9,12-16H2. The minimum Gasteiger partial charge on any atom is -0.309 e. The van der Waals surface area contributed by atoms with Crippen LogP contribution in [0.4, 0.5) is 5.69 Å². The van der Waals surface area contributed by atoms with Crippen molar-refractivity contribution in [3.8, 4) is 0 Å². The second kappa shape index (κ2) is 8.91. The minimum absolute atomic E-state index is 0.184. The number of anilines is 1. The van der Waals surface area contributed by atoms with Crippen LogP contribution in [0.25, 0.3) is 0 Å². The van der Waals surface area contributed by atoms with Gasteiger partial charge in [-0.3, -0.25) is 4.79 Å². The lowest BCUT2D eigenvalue weighted by Gasteiger charge is -2.34. The van der Waals surface area contributed by atoms with Crippen molar-refractivity contribution in [2.75, 3.05) is 10.7 Å². The van der Waals surface area contributed by atoms with Gasteiger partial charge in [0, 0.05) is 24.7 Å². The largest absolute Gasteiger partial charge is 0.309 e. The minimum atomic E-state index is 0.184. The van der Waals surface area contributed by atoms with E-state index in [9.17, 15) is 4.79 Å². The van der Waals surface area contributed by atoms with E-state index in [1.807, 2.05) is 23.1 Å². The molecule has 1 aromatic carbocycles. The molecular weight excluding hydrogens is 356 g/mol. The van der Waals surface area contributed by atoms with Crippen molar-refractivity contribution < 1.29 is 4.79 Å². The molecule has 1 aliphatic heterocycles. The first kappa shape index (κ1) is 18.5. The second-order valence-corrected chi connectivity index (χ2v) is 8.48. The smallest absolute Gasteiger partial charge is 0.237 e. The Bertz CT molecular complexity index is 755. The number of fused-ring (bicyclic) bond motifs is 1. The molecule has 0 N–H and O–H groups in total. The Hall–Kier alpha value is -1.82. The van der Waals surface area contributed by atoms with Gasteiger partial charge in [-0.1, -0.05) is 55.6 Å². The number of thioether (sulfide) groups is 1. The first-order valence-corrected chi connectivity index (χ1v) is 11.2. The fraction of sp³-hybridized carbons (Fsp3) is 0.571. The van der Waals surface area contributed by atoms with Gasteiger partial charge in [-0.2, -0.15) is 0 Å². The van der Waals surface area contributed by atoms with Gasteiger partial charge in [-0.15, -0.1) is 10.2 Å². The van der Waals surface area contributed by atoms with Gasteiger partial charge in [-0.05, 0) is 37.8 Å². The van der Waals surface area contributed by atoms with Crippen LogP contribution in [0.1, 0.15) is 57.2 Å². The Morgan fingerprint density at radius 1 is 1.04 bits per heavy atom. The Balaban J connectivity index is 1.48. The van der Waals surface area contributed by atoms with Crippen LogP contribution >= 0.6 is 11.8 Å². The number of nitrogens with zero attached hydrogens (tertiary/aromatic N) is 4.